The highest BCUT2D eigenvalue weighted by Gasteiger charge is 2.33. The molecule has 1 aliphatic rings. The summed E-state index contributed by atoms with van der Waals surface area (Å²) in [5, 5.41) is 3.89. The molecule has 0 aliphatic carbocycles. The molecule has 1 aromatic heterocycles. The number of benzene rings is 1. The highest BCUT2D eigenvalue weighted by Crippen LogP contribution is 2.37. The molecule has 0 saturated carbocycles. The summed E-state index contributed by atoms with van der Waals surface area (Å²) in [6.07, 6.45) is 1.24. The number of nitrogens with one attached hydrogen (secondary N) is 2. The minimum atomic E-state index is -0.540. The number of fused-ring (bicyclic) bond motifs is 3. The molecule has 7 nitrogen and oxygen atoms in total. The molecule has 0 bridgehead atoms. The maximum atomic E-state index is 13.0. The lowest BCUT2D eigenvalue weighted by molar-refractivity contribution is -0.139. The van der Waals surface area contributed by atoms with Gasteiger partial charge in [-0.15, -0.1) is 0 Å². The van der Waals surface area contributed by atoms with Gasteiger partial charge in [-0.25, -0.2) is 4.79 Å². The summed E-state index contributed by atoms with van der Waals surface area (Å²) in [5.74, 6) is 0.434. The number of hydrogen-bond acceptors (Lipinski definition) is 4. The summed E-state index contributed by atoms with van der Waals surface area (Å²) in [4.78, 5) is 30.2. The number of alkyl carbamates (subject to hydrolysis) is 1. The van der Waals surface area contributed by atoms with Crippen LogP contribution in [0, 0.1) is 5.92 Å². The number of carbonyl (C=O) groups excluding carboxylic acids is 2. The fourth-order valence-electron chi connectivity index (χ4n) is 4.09. The van der Waals surface area contributed by atoms with Gasteiger partial charge in [0.15, 0.2) is 0 Å². The van der Waals surface area contributed by atoms with Crippen molar-refractivity contribution in [1.29, 1.82) is 0 Å². The number of H-pyrrole nitrogens is 1. The van der Waals surface area contributed by atoms with Crippen molar-refractivity contribution in [2.45, 2.75) is 59.1 Å². The summed E-state index contributed by atoms with van der Waals surface area (Å²) >= 11 is 0. The van der Waals surface area contributed by atoms with Gasteiger partial charge in [-0.2, -0.15) is 0 Å². The Kier molecular flexibility index (Phi) is 7.26. The first-order valence-electron chi connectivity index (χ1n) is 11.1. The van der Waals surface area contributed by atoms with E-state index in [0.29, 0.717) is 19.0 Å². The number of para-hydroxylation sites is 1. The Morgan fingerprint density at radius 2 is 2.00 bits per heavy atom. The SMILES string of the molecule is CC(C)CC1c2[nH]c3ccccc3c2CCN1C(=O)COCCNC(=O)OC(C)(C)C. The first kappa shape index (κ1) is 23.1. The molecule has 31 heavy (non-hydrogen) atoms. The van der Waals surface area contributed by atoms with Crippen molar-refractivity contribution >= 4 is 22.9 Å². The molecule has 1 aliphatic heterocycles. The van der Waals surface area contributed by atoms with Crippen molar-refractivity contribution in [3.05, 3.63) is 35.5 Å². The van der Waals surface area contributed by atoms with Crippen LogP contribution in [-0.4, -0.2) is 53.8 Å². The molecule has 2 heterocycles. The van der Waals surface area contributed by atoms with Crippen molar-refractivity contribution in [2.75, 3.05) is 26.3 Å². The van der Waals surface area contributed by atoms with Crippen LogP contribution in [0.3, 0.4) is 0 Å². The minimum absolute atomic E-state index is 0.000154. The molecule has 2 aromatic rings. The van der Waals surface area contributed by atoms with E-state index in [9.17, 15) is 9.59 Å². The van der Waals surface area contributed by atoms with Crippen LogP contribution in [0.1, 0.15) is 58.3 Å². The molecule has 1 aromatic carbocycles. The van der Waals surface area contributed by atoms with Gasteiger partial charge in [0.1, 0.15) is 12.2 Å². The predicted octanol–water partition coefficient (Wildman–Crippen LogP) is 4.18. The second-order valence-electron chi connectivity index (χ2n) is 9.53. The fourth-order valence-corrected chi connectivity index (χ4v) is 4.09. The van der Waals surface area contributed by atoms with E-state index >= 15 is 0 Å². The van der Waals surface area contributed by atoms with E-state index < -0.39 is 11.7 Å². The van der Waals surface area contributed by atoms with Gasteiger partial charge in [0, 0.05) is 29.7 Å². The lowest BCUT2D eigenvalue weighted by Crippen LogP contribution is -2.42. The minimum Gasteiger partial charge on any atom is -0.444 e. The molecule has 1 unspecified atom stereocenters. The van der Waals surface area contributed by atoms with Crippen LogP contribution in [0.25, 0.3) is 10.9 Å². The molecule has 0 radical (unpaired) electrons. The Labute approximate surface area is 184 Å². The standard InChI is InChI=1S/C24H35N3O4/c1-16(2)14-20-22-18(17-8-6-7-9-19(17)26-22)10-12-27(20)21(28)15-30-13-11-25-23(29)31-24(3,4)5/h6-9,16,20,26H,10-15H2,1-5H3,(H,25,29). The quantitative estimate of drug-likeness (QED) is 0.647. The number of aromatic amines is 1. The molecule has 0 saturated heterocycles. The maximum Gasteiger partial charge on any atom is 0.407 e. The van der Waals surface area contributed by atoms with Crippen molar-refractivity contribution in [1.82, 2.24) is 15.2 Å². The number of rotatable bonds is 7. The number of aromatic nitrogens is 1. The number of amides is 2. The van der Waals surface area contributed by atoms with E-state index in [1.807, 2.05) is 31.7 Å². The van der Waals surface area contributed by atoms with Crippen molar-refractivity contribution < 1.29 is 19.1 Å². The maximum absolute atomic E-state index is 13.0. The Hall–Kier alpha value is -2.54. The lowest BCUT2D eigenvalue weighted by atomic mass is 9.91. The number of nitrogens with zero attached hydrogens (tertiary/aromatic N) is 1. The van der Waals surface area contributed by atoms with Crippen molar-refractivity contribution in [3.8, 4) is 0 Å². The third-order valence-corrected chi connectivity index (χ3v) is 5.31. The second-order valence-corrected chi connectivity index (χ2v) is 9.53. The topological polar surface area (TPSA) is 83.7 Å². The Bertz CT molecular complexity index is 913. The van der Waals surface area contributed by atoms with Gasteiger partial charge in [-0.05, 0) is 51.2 Å². The second kappa shape index (κ2) is 9.73. The van der Waals surface area contributed by atoms with E-state index in [1.54, 1.807) is 0 Å². The van der Waals surface area contributed by atoms with E-state index in [2.05, 4.69) is 42.3 Å². The highest BCUT2D eigenvalue weighted by molar-refractivity contribution is 5.86. The van der Waals surface area contributed by atoms with E-state index in [1.165, 1.54) is 10.9 Å². The van der Waals surface area contributed by atoms with Crippen LogP contribution < -0.4 is 5.32 Å². The fraction of sp³-hybridized carbons (Fsp3) is 0.583. The van der Waals surface area contributed by atoms with E-state index in [-0.39, 0.29) is 25.2 Å². The Morgan fingerprint density at radius 1 is 1.26 bits per heavy atom. The first-order valence-corrected chi connectivity index (χ1v) is 11.1. The molecular formula is C24H35N3O4. The molecule has 7 heteroatoms. The van der Waals surface area contributed by atoms with Gasteiger partial charge >= 0.3 is 6.09 Å². The zero-order valence-electron chi connectivity index (χ0n) is 19.3. The zero-order chi connectivity index (χ0) is 22.6. The largest absolute Gasteiger partial charge is 0.444 e. The van der Waals surface area contributed by atoms with Gasteiger partial charge < -0.3 is 24.7 Å². The van der Waals surface area contributed by atoms with Crippen molar-refractivity contribution in [2.24, 2.45) is 5.92 Å². The molecule has 0 fully saturated rings. The van der Waals surface area contributed by atoms with Gasteiger partial charge in [0.25, 0.3) is 0 Å². The van der Waals surface area contributed by atoms with Crippen molar-refractivity contribution in [3.63, 3.8) is 0 Å². The summed E-state index contributed by atoms with van der Waals surface area (Å²) in [5.41, 5.74) is 3.07. The first-order chi connectivity index (χ1) is 14.7. The molecule has 2 N–H and O–H groups in total. The lowest BCUT2D eigenvalue weighted by Gasteiger charge is -2.37. The summed E-state index contributed by atoms with van der Waals surface area (Å²) in [7, 11) is 0. The van der Waals surface area contributed by atoms with Crippen LogP contribution in [-0.2, 0) is 20.7 Å². The predicted molar refractivity (Wildman–Crippen MR) is 121 cm³/mol. The summed E-state index contributed by atoms with van der Waals surface area (Å²) in [6.45, 7) is 11.0. The molecular weight excluding hydrogens is 394 g/mol. The normalized spacial score (nSPS) is 16.5. The third kappa shape index (κ3) is 6.00. The van der Waals surface area contributed by atoms with E-state index in [4.69, 9.17) is 9.47 Å². The van der Waals surface area contributed by atoms with Crippen LogP contribution in [0.4, 0.5) is 4.79 Å². The molecule has 1 atom stereocenters. The van der Waals surface area contributed by atoms with Gasteiger partial charge in [0.2, 0.25) is 5.91 Å². The average Bonchev–Trinajstić information content (AvgIpc) is 3.05. The Morgan fingerprint density at radius 3 is 2.71 bits per heavy atom. The number of ether oxygens (including phenoxy) is 2. The monoisotopic (exact) mass is 429 g/mol. The van der Waals surface area contributed by atoms with Crippen LogP contribution in [0.15, 0.2) is 24.3 Å². The van der Waals surface area contributed by atoms with Crippen LogP contribution >= 0.6 is 0 Å². The highest BCUT2D eigenvalue weighted by atomic mass is 16.6. The summed E-state index contributed by atoms with van der Waals surface area (Å²) < 4.78 is 10.7. The van der Waals surface area contributed by atoms with Gasteiger partial charge in [-0.3, -0.25) is 4.79 Å². The third-order valence-electron chi connectivity index (χ3n) is 5.31. The number of carbonyl (C=O) groups is 2. The van der Waals surface area contributed by atoms with Crippen LogP contribution in [0.2, 0.25) is 0 Å². The molecule has 3 rings (SSSR count). The summed E-state index contributed by atoms with van der Waals surface area (Å²) in [6, 6.07) is 8.35. The zero-order valence-corrected chi connectivity index (χ0v) is 19.3. The van der Waals surface area contributed by atoms with Gasteiger partial charge in [0.05, 0.1) is 12.6 Å². The van der Waals surface area contributed by atoms with Gasteiger partial charge in [-0.1, -0.05) is 32.0 Å². The smallest absolute Gasteiger partial charge is 0.407 e. The van der Waals surface area contributed by atoms with E-state index in [0.717, 1.165) is 24.1 Å². The van der Waals surface area contributed by atoms with Crippen LogP contribution in [0.5, 0.6) is 0 Å². The Balaban J connectivity index is 1.58. The average molecular weight is 430 g/mol. The molecule has 170 valence electrons. The molecule has 2 amide bonds. The molecule has 0 spiro atoms. The number of hydrogen-bond donors (Lipinski definition) is 2.